The smallest absolute Gasteiger partial charge is 0.194 e. The van der Waals surface area contributed by atoms with E-state index in [1.54, 1.807) is 27.2 Å². The van der Waals surface area contributed by atoms with Crippen molar-refractivity contribution in [1.82, 2.24) is 15.2 Å². The number of aromatic nitrogens is 1. The van der Waals surface area contributed by atoms with Crippen LogP contribution >= 0.6 is 24.0 Å². The first-order valence-electron chi connectivity index (χ1n) is 8.87. The maximum atomic E-state index is 12.2. The van der Waals surface area contributed by atoms with Gasteiger partial charge < -0.3 is 15.0 Å². The van der Waals surface area contributed by atoms with Gasteiger partial charge in [0.25, 0.3) is 0 Å². The van der Waals surface area contributed by atoms with Crippen molar-refractivity contribution in [3.05, 3.63) is 23.0 Å². The number of rotatable bonds is 4. The largest absolute Gasteiger partial charge is 0.496 e. The van der Waals surface area contributed by atoms with E-state index in [-0.39, 0.29) is 29.7 Å². The predicted octanol–water partition coefficient (Wildman–Crippen LogP) is 2.30. The molecule has 1 aliphatic rings. The molecule has 1 aliphatic heterocycles. The van der Waals surface area contributed by atoms with Gasteiger partial charge in [-0.05, 0) is 34.6 Å². The van der Waals surface area contributed by atoms with Gasteiger partial charge in [-0.25, -0.2) is 13.4 Å². The summed E-state index contributed by atoms with van der Waals surface area (Å²) in [5, 5.41) is 3.27. The van der Waals surface area contributed by atoms with Crippen LogP contribution in [0, 0.1) is 13.8 Å². The summed E-state index contributed by atoms with van der Waals surface area (Å²) in [6.07, 6.45) is 1.79. The summed E-state index contributed by atoms with van der Waals surface area (Å²) in [6.45, 7) is 11.5. The summed E-state index contributed by atoms with van der Waals surface area (Å²) in [4.78, 5) is 11.2. The van der Waals surface area contributed by atoms with Gasteiger partial charge in [0.2, 0.25) is 0 Å². The molecule has 0 radical (unpaired) electrons. The molecule has 27 heavy (non-hydrogen) atoms. The van der Waals surface area contributed by atoms with Crippen LogP contribution in [-0.2, 0) is 16.4 Å². The lowest BCUT2D eigenvalue weighted by Gasteiger charge is -2.39. The van der Waals surface area contributed by atoms with Gasteiger partial charge in [0.15, 0.2) is 15.8 Å². The quantitative estimate of drug-likeness (QED) is 0.380. The molecule has 1 saturated heterocycles. The van der Waals surface area contributed by atoms with Gasteiger partial charge in [0.05, 0.1) is 29.8 Å². The molecule has 0 aliphatic carbocycles. The second-order valence-electron chi connectivity index (χ2n) is 7.22. The Hall–Kier alpha value is -1.10. The van der Waals surface area contributed by atoms with Crippen LogP contribution in [0.5, 0.6) is 5.75 Å². The van der Waals surface area contributed by atoms with E-state index in [0.717, 1.165) is 28.5 Å². The molecule has 0 unspecified atom stereocenters. The maximum Gasteiger partial charge on any atom is 0.194 e. The average molecular weight is 510 g/mol. The Morgan fingerprint density at radius 3 is 2.63 bits per heavy atom. The Morgan fingerprint density at radius 1 is 1.41 bits per heavy atom. The van der Waals surface area contributed by atoms with Crippen LogP contribution in [0.15, 0.2) is 11.2 Å². The van der Waals surface area contributed by atoms with E-state index in [9.17, 15) is 8.42 Å². The minimum Gasteiger partial charge on any atom is -0.496 e. The van der Waals surface area contributed by atoms with Crippen molar-refractivity contribution in [3.63, 3.8) is 0 Å². The van der Waals surface area contributed by atoms with E-state index in [1.165, 1.54) is 0 Å². The molecule has 0 bridgehead atoms. The molecular weight excluding hydrogens is 479 g/mol. The van der Waals surface area contributed by atoms with E-state index in [0.29, 0.717) is 26.2 Å². The summed E-state index contributed by atoms with van der Waals surface area (Å²) >= 11 is 0. The molecule has 7 nitrogen and oxygen atoms in total. The standard InChI is InChI=1S/C18H30N4O3S.HI/c1-7-19-17(22-8-9-26(23,24)18(4,5)12-22)21-11-15-14(3)16(25-6)13(2)10-20-15;/h10H,7-9,11-12H2,1-6H3,(H,19,21);1H. The average Bonchev–Trinajstić information content (AvgIpc) is 2.56. The van der Waals surface area contributed by atoms with Crippen LogP contribution in [0.3, 0.4) is 0 Å². The number of aliphatic imine (C=N–C) groups is 1. The van der Waals surface area contributed by atoms with Gasteiger partial charge >= 0.3 is 0 Å². The maximum absolute atomic E-state index is 12.2. The summed E-state index contributed by atoms with van der Waals surface area (Å²) in [5.74, 6) is 1.69. The second-order valence-corrected chi connectivity index (χ2v) is 9.96. The van der Waals surface area contributed by atoms with Crippen LogP contribution in [0.2, 0.25) is 0 Å². The van der Waals surface area contributed by atoms with E-state index in [4.69, 9.17) is 9.73 Å². The monoisotopic (exact) mass is 510 g/mol. The zero-order valence-electron chi connectivity index (χ0n) is 17.0. The van der Waals surface area contributed by atoms with Crippen molar-refractivity contribution in [2.45, 2.75) is 45.9 Å². The lowest BCUT2D eigenvalue weighted by molar-refractivity contribution is 0.353. The topological polar surface area (TPSA) is 83.9 Å². The number of methoxy groups -OCH3 is 1. The molecule has 0 amide bonds. The number of hydrogen-bond donors (Lipinski definition) is 1. The summed E-state index contributed by atoms with van der Waals surface area (Å²) in [7, 11) is -1.43. The third-order valence-corrected chi connectivity index (χ3v) is 7.34. The second kappa shape index (κ2) is 9.40. The molecule has 1 aromatic heterocycles. The fraction of sp³-hybridized carbons (Fsp3) is 0.667. The fourth-order valence-corrected chi connectivity index (χ4v) is 4.50. The van der Waals surface area contributed by atoms with E-state index in [1.807, 2.05) is 25.7 Å². The number of nitrogens with zero attached hydrogens (tertiary/aromatic N) is 3. The molecule has 1 fully saturated rings. The van der Waals surface area contributed by atoms with Crippen LogP contribution in [0.25, 0.3) is 0 Å². The van der Waals surface area contributed by atoms with Gasteiger partial charge in [-0.1, -0.05) is 0 Å². The Morgan fingerprint density at radius 2 is 2.07 bits per heavy atom. The Kier molecular flexibility index (Phi) is 8.33. The van der Waals surface area contributed by atoms with Crippen molar-refractivity contribution >= 4 is 39.8 Å². The lowest BCUT2D eigenvalue weighted by Crippen LogP contribution is -2.57. The predicted molar refractivity (Wildman–Crippen MR) is 120 cm³/mol. The van der Waals surface area contributed by atoms with E-state index >= 15 is 0 Å². The van der Waals surface area contributed by atoms with Crippen molar-refractivity contribution in [2.24, 2.45) is 4.99 Å². The zero-order valence-corrected chi connectivity index (χ0v) is 20.1. The zero-order chi connectivity index (χ0) is 19.5. The third-order valence-electron chi connectivity index (χ3n) is 4.81. The highest BCUT2D eigenvalue weighted by atomic mass is 127. The SMILES string of the molecule is CCNC(=NCc1ncc(C)c(OC)c1C)N1CCS(=O)(=O)C(C)(C)C1.I. The van der Waals surface area contributed by atoms with Gasteiger partial charge in [0, 0.05) is 37.0 Å². The highest BCUT2D eigenvalue weighted by Crippen LogP contribution is 2.25. The number of aryl methyl sites for hydroxylation is 1. The Balaban J connectivity index is 0.00000364. The molecule has 1 N–H and O–H groups in total. The van der Waals surface area contributed by atoms with Crippen LogP contribution < -0.4 is 10.1 Å². The summed E-state index contributed by atoms with van der Waals surface area (Å²) in [5.41, 5.74) is 2.83. The number of pyridine rings is 1. The summed E-state index contributed by atoms with van der Waals surface area (Å²) in [6, 6.07) is 0. The first kappa shape index (κ1) is 23.9. The highest BCUT2D eigenvalue weighted by molar-refractivity contribution is 14.0. The number of hydrogen-bond acceptors (Lipinski definition) is 5. The third kappa shape index (κ3) is 5.24. The van der Waals surface area contributed by atoms with Gasteiger partial charge in [-0.15, -0.1) is 24.0 Å². The number of ether oxygens (including phenoxy) is 1. The van der Waals surface area contributed by atoms with Crippen molar-refractivity contribution < 1.29 is 13.2 Å². The lowest BCUT2D eigenvalue weighted by atomic mass is 10.1. The van der Waals surface area contributed by atoms with Crippen LogP contribution in [0.1, 0.15) is 37.6 Å². The summed E-state index contributed by atoms with van der Waals surface area (Å²) < 4.78 is 29.2. The molecule has 2 rings (SSSR count). The molecule has 154 valence electrons. The molecule has 0 saturated carbocycles. The number of guanidine groups is 1. The number of nitrogens with one attached hydrogen (secondary N) is 1. The fourth-order valence-electron chi connectivity index (χ4n) is 3.13. The van der Waals surface area contributed by atoms with Gasteiger partial charge in [-0.2, -0.15) is 0 Å². The highest BCUT2D eigenvalue weighted by Gasteiger charge is 2.40. The van der Waals surface area contributed by atoms with Gasteiger partial charge in [-0.3, -0.25) is 4.98 Å². The van der Waals surface area contributed by atoms with Crippen molar-refractivity contribution in [2.75, 3.05) is 32.5 Å². The van der Waals surface area contributed by atoms with Crippen LogP contribution in [-0.4, -0.2) is 61.5 Å². The first-order chi connectivity index (χ1) is 12.1. The van der Waals surface area contributed by atoms with E-state index in [2.05, 4.69) is 10.3 Å². The molecule has 0 atom stereocenters. The molecule has 1 aromatic rings. The molecule has 0 aromatic carbocycles. The Bertz CT molecular complexity index is 794. The molecule has 9 heteroatoms. The molecule has 0 spiro atoms. The van der Waals surface area contributed by atoms with Crippen LogP contribution in [0.4, 0.5) is 0 Å². The van der Waals surface area contributed by atoms with Crippen molar-refractivity contribution in [1.29, 1.82) is 0 Å². The minimum atomic E-state index is -3.08. The molecular formula is C18H31IN4O3S. The first-order valence-corrected chi connectivity index (χ1v) is 10.5. The minimum absolute atomic E-state index is 0. The van der Waals surface area contributed by atoms with Gasteiger partial charge in [0.1, 0.15) is 5.75 Å². The van der Waals surface area contributed by atoms with Crippen molar-refractivity contribution in [3.8, 4) is 5.75 Å². The van der Waals surface area contributed by atoms with E-state index < -0.39 is 14.6 Å². The molecule has 2 heterocycles. The number of sulfone groups is 1. The number of halogens is 1. The normalized spacial score (nSPS) is 18.6. The Labute approximate surface area is 179 Å².